The number of hydrogen-bond donors (Lipinski definition) is 1. The average Bonchev–Trinajstić information content (AvgIpc) is 2.56. The van der Waals surface area contributed by atoms with Crippen LogP contribution in [0.15, 0.2) is 41.3 Å². The average molecular weight is 392 g/mol. The van der Waals surface area contributed by atoms with Gasteiger partial charge >= 0.3 is 6.61 Å². The third kappa shape index (κ3) is 4.05. The molecule has 134 valence electrons. The molecule has 0 saturated heterocycles. The number of rotatable bonds is 5. The van der Waals surface area contributed by atoms with Crippen LogP contribution in [0.2, 0.25) is 5.02 Å². The summed E-state index contributed by atoms with van der Waals surface area (Å²) in [7, 11) is -3.93. The van der Waals surface area contributed by atoms with E-state index in [4.69, 9.17) is 21.1 Å². The van der Waals surface area contributed by atoms with Crippen LogP contribution in [0.25, 0.3) is 0 Å². The van der Waals surface area contributed by atoms with Crippen molar-refractivity contribution in [1.29, 1.82) is 0 Å². The number of alkyl halides is 2. The molecular weight excluding hydrogens is 380 g/mol. The summed E-state index contributed by atoms with van der Waals surface area (Å²) < 4.78 is 66.6. The Morgan fingerprint density at radius 1 is 1.08 bits per heavy atom. The zero-order valence-corrected chi connectivity index (χ0v) is 14.1. The minimum Gasteiger partial charge on any atom is -0.486 e. The van der Waals surface area contributed by atoms with Crippen molar-refractivity contribution < 1.29 is 31.4 Å². The van der Waals surface area contributed by atoms with Crippen molar-refractivity contribution in [3.63, 3.8) is 0 Å². The quantitative estimate of drug-likeness (QED) is 0.844. The maximum atomic E-state index is 12.5. The lowest BCUT2D eigenvalue weighted by Gasteiger charge is -2.19. The summed E-state index contributed by atoms with van der Waals surface area (Å²) in [4.78, 5) is -0.0409. The minimum absolute atomic E-state index is 0.0409. The van der Waals surface area contributed by atoms with Crippen molar-refractivity contribution in [3.05, 3.63) is 41.4 Å². The first-order valence-electron chi connectivity index (χ1n) is 7.02. The first-order chi connectivity index (χ1) is 11.8. The molecule has 1 N–H and O–H groups in total. The van der Waals surface area contributed by atoms with Crippen LogP contribution in [-0.4, -0.2) is 28.2 Å². The Morgan fingerprint density at radius 2 is 1.80 bits per heavy atom. The molecule has 0 aliphatic carbocycles. The van der Waals surface area contributed by atoms with Crippen molar-refractivity contribution in [2.75, 3.05) is 17.9 Å². The molecule has 0 unspecified atom stereocenters. The Morgan fingerprint density at radius 3 is 2.48 bits per heavy atom. The summed E-state index contributed by atoms with van der Waals surface area (Å²) in [6, 6.07) is 7.79. The maximum Gasteiger partial charge on any atom is 0.387 e. The van der Waals surface area contributed by atoms with Gasteiger partial charge in [-0.3, -0.25) is 4.72 Å². The van der Waals surface area contributed by atoms with Crippen LogP contribution in [0.1, 0.15) is 0 Å². The molecule has 0 aromatic heterocycles. The van der Waals surface area contributed by atoms with E-state index in [2.05, 4.69) is 9.46 Å². The Bertz CT molecular complexity index is 891. The predicted octanol–water partition coefficient (Wildman–Crippen LogP) is 3.51. The molecule has 2 aromatic rings. The highest BCUT2D eigenvalue weighted by molar-refractivity contribution is 7.92. The van der Waals surface area contributed by atoms with E-state index in [0.29, 0.717) is 24.7 Å². The van der Waals surface area contributed by atoms with E-state index in [9.17, 15) is 17.2 Å². The standard InChI is InChI=1S/C15H12ClF2NO5S/c16-11-7-9(1-3-12(11)24-15(17)18)19-25(20,21)10-2-4-13-14(8-10)23-6-5-22-13/h1-4,7-8,15,19H,5-6H2. The van der Waals surface area contributed by atoms with Crippen LogP contribution in [-0.2, 0) is 10.0 Å². The first-order valence-corrected chi connectivity index (χ1v) is 8.88. The van der Waals surface area contributed by atoms with E-state index in [-0.39, 0.29) is 21.4 Å². The number of hydrogen-bond acceptors (Lipinski definition) is 5. The van der Waals surface area contributed by atoms with Gasteiger partial charge in [-0.05, 0) is 30.3 Å². The van der Waals surface area contributed by atoms with Crippen LogP contribution in [0.3, 0.4) is 0 Å². The summed E-state index contributed by atoms with van der Waals surface area (Å²) in [6.07, 6.45) is 0. The third-order valence-corrected chi connectivity index (χ3v) is 4.90. The monoisotopic (exact) mass is 391 g/mol. The van der Waals surface area contributed by atoms with Gasteiger partial charge in [-0.2, -0.15) is 8.78 Å². The summed E-state index contributed by atoms with van der Waals surface area (Å²) in [5.41, 5.74) is 0.0986. The van der Waals surface area contributed by atoms with Crippen molar-refractivity contribution in [2.45, 2.75) is 11.5 Å². The van der Waals surface area contributed by atoms with Crippen molar-refractivity contribution in [1.82, 2.24) is 0 Å². The summed E-state index contributed by atoms with van der Waals surface area (Å²) in [5.74, 6) is 0.536. The van der Waals surface area contributed by atoms with Gasteiger partial charge in [-0.1, -0.05) is 11.6 Å². The number of anilines is 1. The normalized spacial score (nSPS) is 13.6. The van der Waals surface area contributed by atoms with E-state index in [1.165, 1.54) is 30.3 Å². The van der Waals surface area contributed by atoms with Crippen LogP contribution >= 0.6 is 11.6 Å². The fraction of sp³-hybridized carbons (Fsp3) is 0.200. The molecule has 25 heavy (non-hydrogen) atoms. The van der Waals surface area contributed by atoms with Gasteiger partial charge in [0, 0.05) is 6.07 Å². The lowest BCUT2D eigenvalue weighted by atomic mass is 10.3. The Hall–Kier alpha value is -2.26. The minimum atomic E-state index is -3.93. The smallest absolute Gasteiger partial charge is 0.387 e. The molecule has 1 heterocycles. The number of benzene rings is 2. The summed E-state index contributed by atoms with van der Waals surface area (Å²) >= 11 is 5.81. The number of fused-ring (bicyclic) bond motifs is 1. The largest absolute Gasteiger partial charge is 0.486 e. The number of ether oxygens (including phenoxy) is 3. The van der Waals surface area contributed by atoms with Gasteiger partial charge in [0.25, 0.3) is 10.0 Å². The third-order valence-electron chi connectivity index (χ3n) is 3.22. The topological polar surface area (TPSA) is 73.9 Å². The van der Waals surface area contributed by atoms with Crippen molar-refractivity contribution in [3.8, 4) is 17.2 Å². The maximum absolute atomic E-state index is 12.5. The molecule has 6 nitrogen and oxygen atoms in total. The highest BCUT2D eigenvalue weighted by Crippen LogP contribution is 2.34. The molecule has 2 aromatic carbocycles. The van der Waals surface area contributed by atoms with E-state index in [1.807, 2.05) is 0 Å². The molecule has 0 fully saturated rings. The molecule has 3 rings (SSSR count). The molecule has 10 heteroatoms. The van der Waals surface area contributed by atoms with E-state index in [0.717, 1.165) is 6.07 Å². The Kier molecular flexibility index (Phi) is 4.87. The number of halogens is 3. The fourth-order valence-corrected chi connectivity index (χ4v) is 3.45. The van der Waals surface area contributed by atoms with Crippen LogP contribution in [0.5, 0.6) is 17.2 Å². The van der Waals surface area contributed by atoms with E-state index in [1.54, 1.807) is 0 Å². The predicted molar refractivity (Wildman–Crippen MR) is 86.3 cm³/mol. The zero-order valence-electron chi connectivity index (χ0n) is 12.5. The lowest BCUT2D eigenvalue weighted by Crippen LogP contribution is -2.17. The second-order valence-electron chi connectivity index (χ2n) is 4.93. The lowest BCUT2D eigenvalue weighted by molar-refractivity contribution is -0.0497. The van der Waals surface area contributed by atoms with E-state index < -0.39 is 16.6 Å². The molecule has 0 amide bonds. The summed E-state index contributed by atoms with van der Waals surface area (Å²) in [5, 5.41) is -0.150. The molecule has 0 spiro atoms. The van der Waals surface area contributed by atoms with Gasteiger partial charge in [-0.15, -0.1) is 0 Å². The molecule has 0 radical (unpaired) electrons. The second-order valence-corrected chi connectivity index (χ2v) is 7.02. The van der Waals surface area contributed by atoms with Gasteiger partial charge < -0.3 is 14.2 Å². The highest BCUT2D eigenvalue weighted by atomic mass is 35.5. The first kappa shape index (κ1) is 17.6. The van der Waals surface area contributed by atoms with Crippen molar-refractivity contribution in [2.24, 2.45) is 0 Å². The molecular formula is C15H12ClF2NO5S. The molecule has 0 saturated carbocycles. The SMILES string of the molecule is O=S(=O)(Nc1ccc(OC(F)F)c(Cl)c1)c1ccc2c(c1)OCCO2. The van der Waals surface area contributed by atoms with Crippen molar-refractivity contribution >= 4 is 27.3 Å². The van der Waals surface area contributed by atoms with Gasteiger partial charge in [-0.25, -0.2) is 8.42 Å². The van der Waals surface area contributed by atoms with Gasteiger partial charge in [0.15, 0.2) is 11.5 Å². The number of nitrogens with one attached hydrogen (secondary N) is 1. The highest BCUT2D eigenvalue weighted by Gasteiger charge is 2.20. The molecule has 0 atom stereocenters. The van der Waals surface area contributed by atoms with Crippen LogP contribution < -0.4 is 18.9 Å². The Balaban J connectivity index is 1.83. The van der Waals surface area contributed by atoms with Gasteiger partial charge in [0.05, 0.1) is 15.6 Å². The van der Waals surface area contributed by atoms with Gasteiger partial charge in [0.1, 0.15) is 19.0 Å². The Labute approximate surface area is 147 Å². The summed E-state index contributed by atoms with van der Waals surface area (Å²) in [6.45, 7) is -2.31. The molecule has 1 aliphatic heterocycles. The number of sulfonamides is 1. The molecule has 0 bridgehead atoms. The second kappa shape index (κ2) is 6.93. The zero-order chi connectivity index (χ0) is 18.0. The molecule has 1 aliphatic rings. The van der Waals surface area contributed by atoms with E-state index >= 15 is 0 Å². The van der Waals surface area contributed by atoms with Gasteiger partial charge in [0.2, 0.25) is 0 Å². The fourth-order valence-electron chi connectivity index (χ4n) is 2.16. The van der Waals surface area contributed by atoms with Crippen LogP contribution in [0, 0.1) is 0 Å². The van der Waals surface area contributed by atoms with Crippen LogP contribution in [0.4, 0.5) is 14.5 Å².